The number of benzene rings is 1. The van der Waals surface area contributed by atoms with Crippen molar-refractivity contribution in [2.24, 2.45) is 5.41 Å². The summed E-state index contributed by atoms with van der Waals surface area (Å²) in [6, 6.07) is 6.07. The van der Waals surface area contributed by atoms with Crippen LogP contribution >= 0.6 is 0 Å². The van der Waals surface area contributed by atoms with E-state index >= 15 is 0 Å². The minimum atomic E-state index is -4.68. The number of likely N-dealkylation sites (tertiary alicyclic amines) is 1. The van der Waals surface area contributed by atoms with Gasteiger partial charge in [0.1, 0.15) is 11.5 Å². The highest BCUT2D eigenvalue weighted by Gasteiger charge is 2.47. The summed E-state index contributed by atoms with van der Waals surface area (Å²) in [5.74, 6) is 1.17. The van der Waals surface area contributed by atoms with E-state index in [0.29, 0.717) is 24.7 Å². The van der Waals surface area contributed by atoms with Gasteiger partial charge in [0, 0.05) is 18.7 Å². The maximum Gasteiger partial charge on any atom is 0.573 e. The van der Waals surface area contributed by atoms with Crippen LogP contribution in [0.4, 0.5) is 23.8 Å². The van der Waals surface area contributed by atoms with Crippen molar-refractivity contribution in [2.75, 3.05) is 18.4 Å². The zero-order valence-corrected chi connectivity index (χ0v) is 16.9. The SMILES string of the molecule is Cc1onc(NC(=O)N2CCC3(CC2)CC(c2cccc(OC(F)(F)F)c2)C3)c1C. The van der Waals surface area contributed by atoms with Gasteiger partial charge in [0.15, 0.2) is 5.82 Å². The van der Waals surface area contributed by atoms with Crippen LogP contribution < -0.4 is 10.1 Å². The molecule has 1 aliphatic carbocycles. The maximum absolute atomic E-state index is 12.5. The lowest BCUT2D eigenvalue weighted by Crippen LogP contribution is -2.49. The highest BCUT2D eigenvalue weighted by Crippen LogP contribution is 2.56. The molecule has 0 unspecified atom stereocenters. The van der Waals surface area contributed by atoms with E-state index in [-0.39, 0.29) is 23.1 Å². The van der Waals surface area contributed by atoms with Crippen molar-refractivity contribution in [1.29, 1.82) is 0 Å². The van der Waals surface area contributed by atoms with E-state index in [1.165, 1.54) is 12.1 Å². The topological polar surface area (TPSA) is 67.6 Å². The number of ether oxygens (including phenoxy) is 1. The third kappa shape index (κ3) is 4.24. The molecule has 1 aliphatic heterocycles. The van der Waals surface area contributed by atoms with E-state index in [1.54, 1.807) is 17.9 Å². The maximum atomic E-state index is 12.5. The summed E-state index contributed by atoms with van der Waals surface area (Å²) in [6.45, 7) is 4.92. The Morgan fingerprint density at radius 1 is 1.27 bits per heavy atom. The summed E-state index contributed by atoms with van der Waals surface area (Å²) >= 11 is 0. The largest absolute Gasteiger partial charge is 0.573 e. The number of nitrogens with one attached hydrogen (secondary N) is 1. The van der Waals surface area contributed by atoms with Gasteiger partial charge in [0.2, 0.25) is 0 Å². The molecule has 9 heteroatoms. The second-order valence-corrected chi connectivity index (χ2v) is 8.36. The first kappa shape index (κ1) is 20.6. The molecule has 1 saturated heterocycles. The number of hydrogen-bond donors (Lipinski definition) is 1. The Labute approximate surface area is 172 Å². The molecule has 0 bridgehead atoms. The third-order valence-electron chi connectivity index (χ3n) is 6.42. The molecule has 1 aromatic carbocycles. The molecule has 30 heavy (non-hydrogen) atoms. The van der Waals surface area contributed by atoms with E-state index in [4.69, 9.17) is 4.52 Å². The van der Waals surface area contributed by atoms with Crippen LogP contribution in [0.25, 0.3) is 0 Å². The Balaban J connectivity index is 1.30. The van der Waals surface area contributed by atoms with Crippen LogP contribution in [-0.2, 0) is 0 Å². The number of halogens is 3. The average Bonchev–Trinajstić information content (AvgIpc) is 2.97. The Morgan fingerprint density at radius 3 is 2.57 bits per heavy atom. The lowest BCUT2D eigenvalue weighted by molar-refractivity contribution is -0.274. The first-order valence-electron chi connectivity index (χ1n) is 9.99. The highest BCUT2D eigenvalue weighted by molar-refractivity contribution is 5.89. The molecule has 2 aliphatic rings. The van der Waals surface area contributed by atoms with Crippen molar-refractivity contribution in [3.05, 3.63) is 41.2 Å². The quantitative estimate of drug-likeness (QED) is 0.720. The first-order valence-corrected chi connectivity index (χ1v) is 9.99. The van der Waals surface area contributed by atoms with Gasteiger partial charge in [0.25, 0.3) is 0 Å². The van der Waals surface area contributed by atoms with Crippen LogP contribution in [0.3, 0.4) is 0 Å². The Hall–Kier alpha value is -2.71. The summed E-state index contributed by atoms with van der Waals surface area (Å²) in [7, 11) is 0. The fraction of sp³-hybridized carbons (Fsp3) is 0.524. The van der Waals surface area contributed by atoms with Gasteiger partial charge < -0.3 is 14.2 Å². The molecule has 4 rings (SSSR count). The smallest absolute Gasteiger partial charge is 0.406 e. The number of aromatic nitrogens is 1. The summed E-state index contributed by atoms with van der Waals surface area (Å²) < 4.78 is 46.5. The van der Waals surface area contributed by atoms with Gasteiger partial charge in [-0.1, -0.05) is 17.3 Å². The minimum Gasteiger partial charge on any atom is -0.406 e. The molecule has 2 aromatic rings. The zero-order valence-electron chi connectivity index (χ0n) is 16.9. The molecule has 1 saturated carbocycles. The summed E-state index contributed by atoms with van der Waals surface area (Å²) in [5, 5.41) is 6.66. The van der Waals surface area contributed by atoms with E-state index in [9.17, 15) is 18.0 Å². The molecule has 6 nitrogen and oxygen atoms in total. The molecule has 0 radical (unpaired) electrons. The predicted molar refractivity (Wildman–Crippen MR) is 103 cm³/mol. The van der Waals surface area contributed by atoms with Gasteiger partial charge in [0.05, 0.1) is 0 Å². The first-order chi connectivity index (χ1) is 14.1. The number of aryl methyl sites for hydroxylation is 1. The average molecular weight is 423 g/mol. The summed E-state index contributed by atoms with van der Waals surface area (Å²) in [5.41, 5.74) is 1.85. The molecule has 1 spiro atoms. The van der Waals surface area contributed by atoms with Crippen molar-refractivity contribution < 1.29 is 27.2 Å². The summed E-state index contributed by atoms with van der Waals surface area (Å²) in [4.78, 5) is 14.3. The second kappa shape index (κ2) is 7.52. The van der Waals surface area contributed by atoms with Crippen molar-refractivity contribution >= 4 is 11.8 Å². The van der Waals surface area contributed by atoms with Crippen LogP contribution in [0.5, 0.6) is 5.75 Å². The van der Waals surface area contributed by atoms with Crippen LogP contribution in [0.1, 0.15) is 48.5 Å². The number of alkyl halides is 3. The van der Waals surface area contributed by atoms with Gasteiger partial charge in [-0.3, -0.25) is 5.32 Å². The number of piperidine rings is 1. The predicted octanol–water partition coefficient (Wildman–Crippen LogP) is 5.38. The Kier molecular flexibility index (Phi) is 5.15. The van der Waals surface area contributed by atoms with Crippen LogP contribution in [0.2, 0.25) is 0 Å². The van der Waals surface area contributed by atoms with Crippen molar-refractivity contribution in [2.45, 2.75) is 51.8 Å². The lowest BCUT2D eigenvalue weighted by atomic mass is 9.56. The lowest BCUT2D eigenvalue weighted by Gasteiger charge is -2.52. The molecule has 2 fully saturated rings. The normalized spacial score (nSPS) is 18.9. The van der Waals surface area contributed by atoms with Gasteiger partial charge >= 0.3 is 12.4 Å². The number of urea groups is 1. The zero-order chi connectivity index (χ0) is 21.5. The number of anilines is 1. The van der Waals surface area contributed by atoms with Gasteiger partial charge in [-0.2, -0.15) is 0 Å². The van der Waals surface area contributed by atoms with E-state index < -0.39 is 6.36 Å². The number of carbonyl (C=O) groups excluding carboxylic acids is 1. The number of nitrogens with zero attached hydrogens (tertiary/aromatic N) is 2. The van der Waals surface area contributed by atoms with Gasteiger partial charge in [-0.15, -0.1) is 13.2 Å². The second-order valence-electron chi connectivity index (χ2n) is 8.36. The van der Waals surface area contributed by atoms with E-state index in [1.807, 2.05) is 13.0 Å². The Morgan fingerprint density at radius 2 is 1.97 bits per heavy atom. The number of hydrogen-bond acceptors (Lipinski definition) is 4. The van der Waals surface area contributed by atoms with Gasteiger partial charge in [-0.25, -0.2) is 4.79 Å². The molecular weight excluding hydrogens is 399 g/mol. The Bertz CT molecular complexity index is 925. The van der Waals surface area contributed by atoms with E-state index in [2.05, 4.69) is 15.2 Å². The molecular formula is C21H24F3N3O3. The highest BCUT2D eigenvalue weighted by atomic mass is 19.4. The molecule has 2 amide bonds. The van der Waals surface area contributed by atoms with Crippen molar-refractivity contribution in [3.8, 4) is 5.75 Å². The fourth-order valence-corrected chi connectivity index (χ4v) is 4.49. The van der Waals surface area contributed by atoms with E-state index in [0.717, 1.165) is 36.8 Å². The molecule has 2 heterocycles. The number of rotatable bonds is 3. The van der Waals surface area contributed by atoms with Crippen LogP contribution in [0, 0.1) is 19.3 Å². The van der Waals surface area contributed by atoms with Crippen LogP contribution in [0.15, 0.2) is 28.8 Å². The fourth-order valence-electron chi connectivity index (χ4n) is 4.49. The monoisotopic (exact) mass is 423 g/mol. The van der Waals surface area contributed by atoms with Crippen LogP contribution in [-0.4, -0.2) is 35.5 Å². The standard InChI is InChI=1S/C21H24F3N3O3/c1-13-14(2)30-26-18(13)25-19(28)27-8-6-20(7-9-27)11-16(12-20)15-4-3-5-17(10-15)29-21(22,23)24/h3-5,10,16H,6-9,11-12H2,1-2H3,(H,25,26,28). The number of carbonyl (C=O) groups is 1. The summed E-state index contributed by atoms with van der Waals surface area (Å²) in [6.07, 6.45) is -1.09. The minimum absolute atomic E-state index is 0.155. The van der Waals surface area contributed by atoms with Crippen molar-refractivity contribution in [3.63, 3.8) is 0 Å². The molecule has 1 N–H and O–H groups in total. The molecule has 0 atom stereocenters. The molecule has 1 aromatic heterocycles. The van der Waals surface area contributed by atoms with Gasteiger partial charge in [-0.05, 0) is 68.6 Å². The third-order valence-corrected chi connectivity index (χ3v) is 6.42. The van der Waals surface area contributed by atoms with Crippen molar-refractivity contribution in [1.82, 2.24) is 10.1 Å². The molecule has 162 valence electrons. The number of amides is 2.